The number of benzene rings is 2. The van der Waals surface area contributed by atoms with Crippen molar-refractivity contribution in [2.75, 3.05) is 0 Å². The maximum Gasteiger partial charge on any atom is 0.302 e. The highest BCUT2D eigenvalue weighted by Gasteiger charge is 2.16. The van der Waals surface area contributed by atoms with Gasteiger partial charge in [-0.25, -0.2) is 0 Å². The number of para-hydroxylation sites is 1. The van der Waals surface area contributed by atoms with Gasteiger partial charge in [-0.15, -0.1) is 0 Å². The summed E-state index contributed by atoms with van der Waals surface area (Å²) in [4.78, 5) is 11.0. The van der Waals surface area contributed by atoms with E-state index in [0.29, 0.717) is 0 Å². The van der Waals surface area contributed by atoms with Gasteiger partial charge in [-0.3, -0.25) is 4.79 Å². The van der Waals surface area contributed by atoms with Crippen molar-refractivity contribution in [1.82, 2.24) is 0 Å². The lowest BCUT2D eigenvalue weighted by molar-refractivity contribution is -0.146. The summed E-state index contributed by atoms with van der Waals surface area (Å²) in [5.41, 5.74) is 1.11. The van der Waals surface area contributed by atoms with E-state index in [1.54, 1.807) is 0 Å². The smallest absolute Gasteiger partial charge is 0.302 e. The Morgan fingerprint density at radius 3 is 2.05 bits per heavy atom. The molecule has 0 radical (unpaired) electrons. The molecule has 0 N–H and O–H groups in total. The van der Waals surface area contributed by atoms with Gasteiger partial charge in [-0.05, 0) is 36.8 Å². The molecule has 0 aromatic heterocycles. The van der Waals surface area contributed by atoms with E-state index >= 15 is 0 Å². The molecule has 21 heavy (non-hydrogen) atoms. The predicted octanol–water partition coefficient (Wildman–Crippen LogP) is 4.53. The molecule has 0 aliphatic carbocycles. The molecule has 0 unspecified atom stereocenters. The molecule has 2 rings (SSSR count). The summed E-state index contributed by atoms with van der Waals surface area (Å²) < 4.78 is 11.0. The van der Waals surface area contributed by atoms with E-state index < -0.39 is 0 Å². The highest BCUT2D eigenvalue weighted by Crippen LogP contribution is 2.26. The molecule has 3 nitrogen and oxygen atoms in total. The minimum atomic E-state index is -0.251. The summed E-state index contributed by atoms with van der Waals surface area (Å²) in [6.07, 6.45) is -0.150. The number of esters is 1. The maximum absolute atomic E-state index is 11.0. The normalized spacial score (nSPS) is 13.3. The average Bonchev–Trinajstić information content (AvgIpc) is 2.47. The lowest BCUT2D eigenvalue weighted by Gasteiger charge is -2.20. The molecule has 3 heteroatoms. The molecule has 0 aliphatic rings. The number of carbonyl (C=O) groups excluding carboxylic acids is 1. The number of hydrogen-bond acceptors (Lipinski definition) is 3. The summed E-state index contributed by atoms with van der Waals surface area (Å²) >= 11 is 0. The van der Waals surface area contributed by atoms with Gasteiger partial charge < -0.3 is 9.47 Å². The summed E-state index contributed by atoms with van der Waals surface area (Å²) in [6, 6.07) is 17.5. The van der Waals surface area contributed by atoms with E-state index in [4.69, 9.17) is 9.47 Å². The molecule has 0 bridgehead atoms. The second-order valence-electron chi connectivity index (χ2n) is 5.09. The van der Waals surface area contributed by atoms with Crippen molar-refractivity contribution in [2.45, 2.75) is 32.8 Å². The first kappa shape index (κ1) is 15.1. The van der Waals surface area contributed by atoms with Crippen LogP contribution in [0.25, 0.3) is 0 Å². The van der Waals surface area contributed by atoms with Crippen LogP contribution in [0, 0.1) is 0 Å². The van der Waals surface area contributed by atoms with Gasteiger partial charge in [0.05, 0.1) is 0 Å². The van der Waals surface area contributed by atoms with Gasteiger partial charge in [-0.2, -0.15) is 0 Å². The van der Waals surface area contributed by atoms with Crippen molar-refractivity contribution >= 4 is 5.97 Å². The molecule has 0 aliphatic heterocycles. The Balaban J connectivity index is 2.03. The van der Waals surface area contributed by atoms with Crippen molar-refractivity contribution in [2.24, 2.45) is 0 Å². The molecule has 0 spiro atoms. The van der Waals surface area contributed by atoms with Crippen LogP contribution in [0.1, 0.15) is 32.3 Å². The monoisotopic (exact) mass is 284 g/mol. The van der Waals surface area contributed by atoms with E-state index in [1.807, 2.05) is 68.4 Å². The van der Waals surface area contributed by atoms with E-state index in [0.717, 1.165) is 17.1 Å². The third kappa shape index (κ3) is 4.35. The zero-order chi connectivity index (χ0) is 15.2. The minimum Gasteiger partial charge on any atom is -0.462 e. The van der Waals surface area contributed by atoms with Crippen LogP contribution >= 0.6 is 0 Å². The highest BCUT2D eigenvalue weighted by atomic mass is 16.5. The Kier molecular flexibility index (Phi) is 4.99. The first-order valence-corrected chi connectivity index (χ1v) is 7.06. The minimum absolute atomic E-state index is 0.139. The second-order valence-corrected chi connectivity index (χ2v) is 5.09. The Morgan fingerprint density at radius 1 is 0.905 bits per heavy atom. The zero-order valence-corrected chi connectivity index (χ0v) is 12.6. The molecule has 2 atom stereocenters. The van der Waals surface area contributed by atoms with E-state index in [2.05, 4.69) is 0 Å². The third-order valence-electron chi connectivity index (χ3n) is 3.44. The number of hydrogen-bond donors (Lipinski definition) is 0. The summed E-state index contributed by atoms with van der Waals surface area (Å²) in [6.45, 7) is 5.38. The number of carbonyl (C=O) groups is 1. The van der Waals surface area contributed by atoms with Crippen molar-refractivity contribution in [3.63, 3.8) is 0 Å². The fraction of sp³-hybridized carbons (Fsp3) is 0.278. The Bertz CT molecular complexity index is 575. The van der Waals surface area contributed by atoms with Crippen LogP contribution in [0.5, 0.6) is 11.5 Å². The predicted molar refractivity (Wildman–Crippen MR) is 82.6 cm³/mol. The van der Waals surface area contributed by atoms with Crippen molar-refractivity contribution in [1.29, 1.82) is 0 Å². The second kappa shape index (κ2) is 6.93. The lowest BCUT2D eigenvalue weighted by Crippen LogP contribution is -2.19. The van der Waals surface area contributed by atoms with Gasteiger partial charge in [0, 0.05) is 12.8 Å². The van der Waals surface area contributed by atoms with Crippen LogP contribution < -0.4 is 4.74 Å². The van der Waals surface area contributed by atoms with Crippen LogP contribution in [-0.4, -0.2) is 12.1 Å². The van der Waals surface area contributed by atoms with E-state index in [-0.39, 0.29) is 18.0 Å². The van der Waals surface area contributed by atoms with Crippen molar-refractivity contribution in [3.8, 4) is 11.5 Å². The first-order chi connectivity index (χ1) is 10.1. The molecule has 0 fully saturated rings. The standard InChI is InChI=1S/C18H20O3/c1-13(14(2)20-15(3)19)16-9-11-18(12-10-16)21-17-7-5-4-6-8-17/h4-14H,1-3H3/t13-,14-/m1/s1. The van der Waals surface area contributed by atoms with Crippen LogP contribution in [0.15, 0.2) is 54.6 Å². The summed E-state index contributed by atoms with van der Waals surface area (Å²) in [5.74, 6) is 1.49. The molecule has 2 aromatic carbocycles. The molecule has 0 saturated heterocycles. The fourth-order valence-electron chi connectivity index (χ4n) is 2.10. The van der Waals surface area contributed by atoms with Gasteiger partial charge in [0.1, 0.15) is 17.6 Å². The average molecular weight is 284 g/mol. The molecular formula is C18H20O3. The van der Waals surface area contributed by atoms with Gasteiger partial charge in [0.15, 0.2) is 0 Å². The van der Waals surface area contributed by atoms with E-state index in [9.17, 15) is 4.79 Å². The Hall–Kier alpha value is -2.29. The zero-order valence-electron chi connectivity index (χ0n) is 12.6. The summed E-state index contributed by atoms with van der Waals surface area (Å²) in [5, 5.41) is 0. The number of ether oxygens (including phenoxy) is 2. The first-order valence-electron chi connectivity index (χ1n) is 7.06. The highest BCUT2D eigenvalue weighted by molar-refractivity contribution is 5.66. The molecule has 0 amide bonds. The molecule has 0 saturated carbocycles. The molecular weight excluding hydrogens is 264 g/mol. The quantitative estimate of drug-likeness (QED) is 0.756. The molecule has 0 heterocycles. The van der Waals surface area contributed by atoms with Gasteiger partial charge >= 0.3 is 5.97 Å². The third-order valence-corrected chi connectivity index (χ3v) is 3.44. The fourth-order valence-corrected chi connectivity index (χ4v) is 2.10. The maximum atomic E-state index is 11.0. The van der Waals surface area contributed by atoms with E-state index in [1.165, 1.54) is 6.92 Å². The Morgan fingerprint density at radius 2 is 1.48 bits per heavy atom. The molecule has 2 aromatic rings. The topological polar surface area (TPSA) is 35.5 Å². The van der Waals surface area contributed by atoms with Crippen LogP contribution in [0.3, 0.4) is 0 Å². The van der Waals surface area contributed by atoms with Crippen molar-refractivity contribution in [3.05, 3.63) is 60.2 Å². The largest absolute Gasteiger partial charge is 0.462 e. The van der Waals surface area contributed by atoms with Crippen LogP contribution in [0.4, 0.5) is 0 Å². The number of rotatable bonds is 5. The van der Waals surface area contributed by atoms with Crippen LogP contribution in [-0.2, 0) is 9.53 Å². The van der Waals surface area contributed by atoms with Gasteiger partial charge in [-0.1, -0.05) is 37.3 Å². The Labute approximate surface area is 125 Å². The molecule has 110 valence electrons. The summed E-state index contributed by atoms with van der Waals surface area (Å²) in [7, 11) is 0. The van der Waals surface area contributed by atoms with Gasteiger partial charge in [0.25, 0.3) is 0 Å². The van der Waals surface area contributed by atoms with Gasteiger partial charge in [0.2, 0.25) is 0 Å². The SMILES string of the molecule is CC(=O)O[C@H](C)[C@@H](C)c1ccc(Oc2ccccc2)cc1. The van der Waals surface area contributed by atoms with Crippen molar-refractivity contribution < 1.29 is 14.3 Å². The lowest BCUT2D eigenvalue weighted by atomic mass is 9.96. The van der Waals surface area contributed by atoms with Crippen LogP contribution in [0.2, 0.25) is 0 Å².